The molecule has 0 atom stereocenters. The van der Waals surface area contributed by atoms with Crippen LogP contribution in [0.4, 0.5) is 0 Å². The topological polar surface area (TPSA) is 59.2 Å². The summed E-state index contributed by atoms with van der Waals surface area (Å²) >= 11 is 0. The van der Waals surface area contributed by atoms with Gasteiger partial charge in [-0.1, -0.05) is 59.8 Å². The van der Waals surface area contributed by atoms with Crippen molar-refractivity contribution >= 4 is 5.91 Å². The number of amides is 1. The van der Waals surface area contributed by atoms with E-state index in [0.29, 0.717) is 31.1 Å². The lowest BCUT2D eigenvalue weighted by molar-refractivity contribution is -0.133. The molecule has 140 valence electrons. The molecule has 0 bridgehead atoms. The monoisotopic (exact) mass is 363 g/mol. The van der Waals surface area contributed by atoms with Crippen LogP contribution in [-0.4, -0.2) is 27.0 Å². The van der Waals surface area contributed by atoms with Crippen molar-refractivity contribution in [3.63, 3.8) is 0 Å². The van der Waals surface area contributed by atoms with E-state index in [1.165, 1.54) is 0 Å². The molecule has 0 aliphatic carbocycles. The Balaban J connectivity index is 1.63. The Labute approximate surface area is 160 Å². The van der Waals surface area contributed by atoms with Gasteiger partial charge in [-0.3, -0.25) is 4.79 Å². The van der Waals surface area contributed by atoms with Crippen LogP contribution in [0.1, 0.15) is 37.3 Å². The molecule has 0 fully saturated rings. The summed E-state index contributed by atoms with van der Waals surface area (Å²) in [5, 5.41) is 4.06. The van der Waals surface area contributed by atoms with Gasteiger partial charge in [0, 0.05) is 31.0 Å². The molecule has 0 aliphatic heterocycles. The number of carbonyl (C=O) groups excluding carboxylic acids is 1. The van der Waals surface area contributed by atoms with Crippen LogP contribution in [0.5, 0.6) is 0 Å². The molecule has 3 aromatic rings. The van der Waals surface area contributed by atoms with Gasteiger partial charge in [0.15, 0.2) is 0 Å². The highest BCUT2D eigenvalue weighted by atomic mass is 16.5. The molecular formula is C22H25N3O2. The quantitative estimate of drug-likeness (QED) is 0.624. The van der Waals surface area contributed by atoms with E-state index in [1.807, 2.05) is 80.3 Å². The molecule has 0 aliphatic rings. The highest BCUT2D eigenvalue weighted by Crippen LogP contribution is 2.20. The second-order valence-corrected chi connectivity index (χ2v) is 6.93. The third-order valence-corrected chi connectivity index (χ3v) is 4.55. The molecule has 0 N–H and O–H groups in total. The van der Waals surface area contributed by atoms with Crippen LogP contribution in [0.3, 0.4) is 0 Å². The molecule has 1 amide bonds. The zero-order valence-corrected chi connectivity index (χ0v) is 16.1. The largest absolute Gasteiger partial charge is 0.339 e. The molecule has 1 aromatic heterocycles. The lowest BCUT2D eigenvalue weighted by Crippen LogP contribution is -2.36. The maximum Gasteiger partial charge on any atom is 0.227 e. The van der Waals surface area contributed by atoms with Crippen LogP contribution < -0.4 is 0 Å². The fourth-order valence-corrected chi connectivity index (χ4v) is 2.99. The number of rotatable bonds is 7. The second kappa shape index (κ2) is 8.62. The summed E-state index contributed by atoms with van der Waals surface area (Å²) < 4.78 is 5.35. The van der Waals surface area contributed by atoms with Gasteiger partial charge >= 0.3 is 0 Å². The summed E-state index contributed by atoms with van der Waals surface area (Å²) in [6.07, 6.45) is 0.788. The van der Waals surface area contributed by atoms with Gasteiger partial charge in [-0.05, 0) is 31.9 Å². The van der Waals surface area contributed by atoms with Crippen molar-refractivity contribution in [3.8, 4) is 11.4 Å². The summed E-state index contributed by atoms with van der Waals surface area (Å²) in [4.78, 5) is 19.1. The maximum atomic E-state index is 12.7. The van der Waals surface area contributed by atoms with Crippen LogP contribution in [0, 0.1) is 6.92 Å². The smallest absolute Gasteiger partial charge is 0.227 e. The molecule has 2 aromatic carbocycles. The predicted octanol–water partition coefficient (Wildman–Crippen LogP) is 4.41. The first-order valence-electron chi connectivity index (χ1n) is 9.26. The molecule has 5 heteroatoms. The van der Waals surface area contributed by atoms with E-state index in [9.17, 15) is 4.79 Å². The summed E-state index contributed by atoms with van der Waals surface area (Å²) in [6, 6.07) is 18.1. The number of nitrogens with zero attached hydrogens (tertiary/aromatic N) is 3. The first kappa shape index (κ1) is 18.8. The zero-order valence-electron chi connectivity index (χ0n) is 16.1. The van der Waals surface area contributed by atoms with Crippen LogP contribution >= 0.6 is 0 Å². The third-order valence-electron chi connectivity index (χ3n) is 4.55. The molecule has 0 unspecified atom stereocenters. The van der Waals surface area contributed by atoms with Gasteiger partial charge in [-0.2, -0.15) is 4.98 Å². The van der Waals surface area contributed by atoms with E-state index in [0.717, 1.165) is 16.7 Å². The molecule has 0 saturated carbocycles. The number of carbonyl (C=O) groups is 1. The number of hydrogen-bond acceptors (Lipinski definition) is 4. The van der Waals surface area contributed by atoms with Crippen molar-refractivity contribution in [3.05, 3.63) is 71.6 Å². The Kier molecular flexibility index (Phi) is 6.01. The predicted molar refractivity (Wildman–Crippen MR) is 105 cm³/mol. The Morgan fingerprint density at radius 1 is 1.07 bits per heavy atom. The van der Waals surface area contributed by atoms with Crippen LogP contribution in [-0.2, 0) is 17.8 Å². The molecular weight excluding hydrogens is 338 g/mol. The molecule has 27 heavy (non-hydrogen) atoms. The van der Waals surface area contributed by atoms with Crippen molar-refractivity contribution in [2.45, 2.75) is 46.2 Å². The first-order chi connectivity index (χ1) is 13.0. The normalized spacial score (nSPS) is 11.0. The Hall–Kier alpha value is -2.95. The van der Waals surface area contributed by atoms with Gasteiger partial charge in [0.2, 0.25) is 17.6 Å². The van der Waals surface area contributed by atoms with Crippen molar-refractivity contribution in [2.75, 3.05) is 0 Å². The van der Waals surface area contributed by atoms with E-state index < -0.39 is 0 Å². The van der Waals surface area contributed by atoms with Gasteiger partial charge in [-0.25, -0.2) is 0 Å². The van der Waals surface area contributed by atoms with Crippen LogP contribution in [0.25, 0.3) is 11.4 Å². The summed E-state index contributed by atoms with van der Waals surface area (Å²) in [7, 11) is 0. The molecule has 0 saturated heterocycles. The van der Waals surface area contributed by atoms with E-state index in [4.69, 9.17) is 4.52 Å². The van der Waals surface area contributed by atoms with Crippen molar-refractivity contribution < 1.29 is 9.32 Å². The molecule has 0 radical (unpaired) electrons. The molecule has 0 spiro atoms. The highest BCUT2D eigenvalue weighted by Gasteiger charge is 2.19. The average molecular weight is 363 g/mol. The summed E-state index contributed by atoms with van der Waals surface area (Å²) in [6.45, 7) is 6.68. The maximum absolute atomic E-state index is 12.7. The van der Waals surface area contributed by atoms with Gasteiger partial charge in [0.05, 0.1) is 0 Å². The molecule has 3 rings (SSSR count). The van der Waals surface area contributed by atoms with E-state index in [1.54, 1.807) is 0 Å². The minimum atomic E-state index is 0.0875. The number of aromatic nitrogens is 2. The second-order valence-electron chi connectivity index (χ2n) is 6.93. The first-order valence-corrected chi connectivity index (χ1v) is 9.26. The zero-order chi connectivity index (χ0) is 19.2. The lowest BCUT2D eigenvalue weighted by atomic mass is 10.1. The minimum absolute atomic E-state index is 0.0875. The van der Waals surface area contributed by atoms with Gasteiger partial charge in [0.1, 0.15) is 0 Å². The average Bonchev–Trinajstić information content (AvgIpc) is 3.14. The van der Waals surface area contributed by atoms with Gasteiger partial charge in [-0.15, -0.1) is 0 Å². The van der Waals surface area contributed by atoms with Crippen LogP contribution in [0.2, 0.25) is 0 Å². The molecule has 5 nitrogen and oxygen atoms in total. The van der Waals surface area contributed by atoms with Gasteiger partial charge in [0.25, 0.3) is 0 Å². The van der Waals surface area contributed by atoms with E-state index in [2.05, 4.69) is 10.1 Å². The van der Waals surface area contributed by atoms with Crippen LogP contribution in [0.15, 0.2) is 59.1 Å². The Morgan fingerprint density at radius 3 is 2.48 bits per heavy atom. The Morgan fingerprint density at radius 2 is 1.78 bits per heavy atom. The van der Waals surface area contributed by atoms with E-state index in [-0.39, 0.29) is 11.9 Å². The SMILES string of the molecule is Cc1ccccc1-c1noc(CCC(=O)N(Cc2ccccc2)C(C)C)n1. The number of aryl methyl sites for hydroxylation is 2. The van der Waals surface area contributed by atoms with E-state index >= 15 is 0 Å². The summed E-state index contributed by atoms with van der Waals surface area (Å²) in [5.74, 6) is 1.15. The fourth-order valence-electron chi connectivity index (χ4n) is 2.99. The minimum Gasteiger partial charge on any atom is -0.339 e. The van der Waals surface area contributed by atoms with Crippen molar-refractivity contribution in [1.29, 1.82) is 0 Å². The van der Waals surface area contributed by atoms with Gasteiger partial charge < -0.3 is 9.42 Å². The summed E-state index contributed by atoms with van der Waals surface area (Å²) in [5.41, 5.74) is 3.17. The third kappa shape index (κ3) is 4.82. The highest BCUT2D eigenvalue weighted by molar-refractivity contribution is 5.76. The number of hydrogen-bond donors (Lipinski definition) is 0. The van der Waals surface area contributed by atoms with Crippen molar-refractivity contribution in [2.24, 2.45) is 0 Å². The standard InChI is InChI=1S/C22H25N3O2/c1-16(2)25(15-18-10-5-4-6-11-18)21(26)14-13-20-23-22(24-27-20)19-12-8-7-9-17(19)3/h4-12,16H,13-15H2,1-3H3. The molecule has 1 heterocycles. The fraction of sp³-hybridized carbons (Fsp3) is 0.318. The lowest BCUT2D eigenvalue weighted by Gasteiger charge is -2.26. The van der Waals surface area contributed by atoms with Crippen molar-refractivity contribution in [1.82, 2.24) is 15.0 Å². The Bertz CT molecular complexity index is 887. The number of benzene rings is 2.